The lowest BCUT2D eigenvalue weighted by Gasteiger charge is -2.08. The number of carbonyl (C=O) groups excluding carboxylic acids is 1. The van der Waals surface area contributed by atoms with Crippen molar-refractivity contribution in [1.29, 1.82) is 0 Å². The fraction of sp³-hybridized carbons (Fsp3) is 0.900. The molecular formula is C10H20O. The monoisotopic (exact) mass is 156 g/mol. The van der Waals surface area contributed by atoms with Crippen molar-refractivity contribution in [3.63, 3.8) is 0 Å². The summed E-state index contributed by atoms with van der Waals surface area (Å²) in [7, 11) is 0. The van der Waals surface area contributed by atoms with Gasteiger partial charge in [0.15, 0.2) is 0 Å². The molecule has 0 aromatic rings. The lowest BCUT2D eigenvalue weighted by atomic mass is 9.98. The number of aldehydes is 1. The maximum absolute atomic E-state index is 10.3. The van der Waals surface area contributed by atoms with Gasteiger partial charge >= 0.3 is 0 Å². The van der Waals surface area contributed by atoms with Crippen LogP contribution in [0, 0.1) is 11.8 Å². The first-order valence-electron chi connectivity index (χ1n) is 4.66. The Hall–Kier alpha value is -0.330. The van der Waals surface area contributed by atoms with E-state index in [1.807, 2.05) is 6.92 Å². The summed E-state index contributed by atoms with van der Waals surface area (Å²) in [5.74, 6) is 1.09. The topological polar surface area (TPSA) is 17.1 Å². The van der Waals surface area contributed by atoms with Crippen LogP contribution in [-0.4, -0.2) is 6.29 Å². The Bertz CT molecular complexity index is 99.0. The van der Waals surface area contributed by atoms with Crippen LogP contribution in [0.15, 0.2) is 0 Å². The highest BCUT2D eigenvalue weighted by Gasteiger charge is 2.01. The van der Waals surface area contributed by atoms with E-state index in [0.717, 1.165) is 18.6 Å². The lowest BCUT2D eigenvalue weighted by Crippen LogP contribution is -1.98. The van der Waals surface area contributed by atoms with Crippen molar-refractivity contribution in [2.24, 2.45) is 11.8 Å². The second-order valence-electron chi connectivity index (χ2n) is 3.56. The fourth-order valence-electron chi connectivity index (χ4n) is 1.06. The minimum absolute atomic E-state index is 0.263. The summed E-state index contributed by atoms with van der Waals surface area (Å²) in [5.41, 5.74) is 0. The molecule has 0 aromatic heterocycles. The van der Waals surface area contributed by atoms with Gasteiger partial charge in [-0.05, 0) is 12.3 Å². The standard InChI is InChI=1S/C10H20O/c1-4-9(2)6-5-7-10(3)8-11/h8-10H,4-7H2,1-3H3/t9?,10-/m1/s1. The Kier molecular flexibility index (Phi) is 6.19. The SMILES string of the molecule is CCC(C)CCC[C@@H](C)C=O. The molecule has 0 aromatic carbocycles. The Morgan fingerprint density at radius 3 is 2.36 bits per heavy atom. The van der Waals surface area contributed by atoms with Crippen molar-refractivity contribution in [3.05, 3.63) is 0 Å². The summed E-state index contributed by atoms with van der Waals surface area (Å²) in [6, 6.07) is 0. The largest absolute Gasteiger partial charge is 0.303 e. The van der Waals surface area contributed by atoms with Crippen molar-refractivity contribution in [2.45, 2.75) is 46.5 Å². The Balaban J connectivity index is 3.19. The van der Waals surface area contributed by atoms with Crippen LogP contribution in [0.5, 0.6) is 0 Å². The Labute approximate surface area is 70.2 Å². The van der Waals surface area contributed by atoms with Crippen molar-refractivity contribution in [3.8, 4) is 0 Å². The van der Waals surface area contributed by atoms with Gasteiger partial charge in [-0.3, -0.25) is 0 Å². The molecule has 0 radical (unpaired) electrons. The van der Waals surface area contributed by atoms with Crippen LogP contribution in [0.4, 0.5) is 0 Å². The highest BCUT2D eigenvalue weighted by atomic mass is 16.1. The van der Waals surface area contributed by atoms with Gasteiger partial charge in [0.2, 0.25) is 0 Å². The van der Waals surface area contributed by atoms with E-state index in [-0.39, 0.29) is 5.92 Å². The Morgan fingerprint density at radius 1 is 1.27 bits per heavy atom. The van der Waals surface area contributed by atoms with Gasteiger partial charge in [-0.25, -0.2) is 0 Å². The van der Waals surface area contributed by atoms with Crippen LogP contribution in [-0.2, 0) is 4.79 Å². The van der Waals surface area contributed by atoms with Crippen molar-refractivity contribution < 1.29 is 4.79 Å². The molecule has 0 rings (SSSR count). The maximum Gasteiger partial charge on any atom is 0.122 e. The van der Waals surface area contributed by atoms with Crippen molar-refractivity contribution in [1.82, 2.24) is 0 Å². The van der Waals surface area contributed by atoms with Gasteiger partial charge in [-0.1, -0.05) is 40.0 Å². The molecule has 0 bridgehead atoms. The summed E-state index contributed by atoms with van der Waals surface area (Å²) in [6.07, 6.45) is 5.85. The molecule has 1 heteroatoms. The van der Waals surface area contributed by atoms with Crippen molar-refractivity contribution >= 4 is 6.29 Å². The molecule has 2 atom stereocenters. The lowest BCUT2D eigenvalue weighted by molar-refractivity contribution is -0.110. The van der Waals surface area contributed by atoms with Gasteiger partial charge < -0.3 is 4.79 Å². The average Bonchev–Trinajstić information content (AvgIpc) is 2.04. The van der Waals surface area contributed by atoms with E-state index in [9.17, 15) is 4.79 Å². The quantitative estimate of drug-likeness (QED) is 0.540. The predicted octanol–water partition coefficient (Wildman–Crippen LogP) is 3.04. The molecule has 0 saturated heterocycles. The van der Waals surface area contributed by atoms with Gasteiger partial charge in [0.25, 0.3) is 0 Å². The van der Waals surface area contributed by atoms with Crippen LogP contribution in [0.3, 0.4) is 0 Å². The molecule has 1 unspecified atom stereocenters. The van der Waals surface area contributed by atoms with Gasteiger partial charge in [-0.15, -0.1) is 0 Å². The Morgan fingerprint density at radius 2 is 1.91 bits per heavy atom. The fourth-order valence-corrected chi connectivity index (χ4v) is 1.06. The maximum atomic E-state index is 10.3. The highest BCUT2D eigenvalue weighted by molar-refractivity contribution is 5.52. The molecule has 0 spiro atoms. The molecule has 0 aliphatic carbocycles. The summed E-state index contributed by atoms with van der Waals surface area (Å²) < 4.78 is 0. The predicted molar refractivity (Wildman–Crippen MR) is 48.5 cm³/mol. The number of hydrogen-bond acceptors (Lipinski definition) is 1. The molecule has 0 saturated carbocycles. The van der Waals surface area contributed by atoms with Crippen LogP contribution in [0.1, 0.15) is 46.5 Å². The molecule has 0 amide bonds. The zero-order valence-electron chi connectivity index (χ0n) is 7.97. The molecule has 0 fully saturated rings. The van der Waals surface area contributed by atoms with Crippen LogP contribution in [0.25, 0.3) is 0 Å². The molecule has 0 aliphatic heterocycles. The average molecular weight is 156 g/mol. The van der Waals surface area contributed by atoms with E-state index in [1.54, 1.807) is 0 Å². The van der Waals surface area contributed by atoms with E-state index < -0.39 is 0 Å². The zero-order valence-corrected chi connectivity index (χ0v) is 7.97. The van der Waals surface area contributed by atoms with Crippen molar-refractivity contribution in [2.75, 3.05) is 0 Å². The summed E-state index contributed by atoms with van der Waals surface area (Å²) in [5, 5.41) is 0. The van der Waals surface area contributed by atoms with Crippen LogP contribution >= 0.6 is 0 Å². The van der Waals surface area contributed by atoms with E-state index in [1.165, 1.54) is 19.3 Å². The molecular weight excluding hydrogens is 136 g/mol. The number of hydrogen-bond donors (Lipinski definition) is 0. The van der Waals surface area contributed by atoms with Crippen LogP contribution < -0.4 is 0 Å². The molecule has 66 valence electrons. The van der Waals surface area contributed by atoms with Gasteiger partial charge in [-0.2, -0.15) is 0 Å². The van der Waals surface area contributed by atoms with Gasteiger partial charge in [0, 0.05) is 5.92 Å². The normalized spacial score (nSPS) is 15.9. The van der Waals surface area contributed by atoms with E-state index >= 15 is 0 Å². The first-order chi connectivity index (χ1) is 5.20. The molecule has 11 heavy (non-hydrogen) atoms. The molecule has 0 aliphatic rings. The van der Waals surface area contributed by atoms with Gasteiger partial charge in [0.1, 0.15) is 6.29 Å². The third-order valence-electron chi connectivity index (χ3n) is 2.29. The first kappa shape index (κ1) is 10.7. The van der Waals surface area contributed by atoms with Gasteiger partial charge in [0.05, 0.1) is 0 Å². The van der Waals surface area contributed by atoms with E-state index in [4.69, 9.17) is 0 Å². The second-order valence-corrected chi connectivity index (χ2v) is 3.56. The second kappa shape index (κ2) is 6.38. The summed E-state index contributed by atoms with van der Waals surface area (Å²) >= 11 is 0. The number of rotatable bonds is 6. The summed E-state index contributed by atoms with van der Waals surface area (Å²) in [4.78, 5) is 10.3. The minimum atomic E-state index is 0.263. The number of carbonyl (C=O) groups is 1. The third kappa shape index (κ3) is 6.08. The third-order valence-corrected chi connectivity index (χ3v) is 2.29. The smallest absolute Gasteiger partial charge is 0.122 e. The molecule has 1 nitrogen and oxygen atoms in total. The molecule has 0 N–H and O–H groups in total. The first-order valence-corrected chi connectivity index (χ1v) is 4.66. The van der Waals surface area contributed by atoms with E-state index in [0.29, 0.717) is 0 Å². The molecule has 0 heterocycles. The van der Waals surface area contributed by atoms with Crippen LogP contribution in [0.2, 0.25) is 0 Å². The minimum Gasteiger partial charge on any atom is -0.303 e. The highest BCUT2D eigenvalue weighted by Crippen LogP contribution is 2.13. The van der Waals surface area contributed by atoms with E-state index in [2.05, 4.69) is 13.8 Å². The zero-order chi connectivity index (χ0) is 8.69. The summed E-state index contributed by atoms with van der Waals surface area (Å²) in [6.45, 7) is 6.48.